The van der Waals surface area contributed by atoms with Crippen LogP contribution in [0.5, 0.6) is 0 Å². The molecule has 0 unspecified atom stereocenters. The van der Waals surface area contributed by atoms with E-state index in [0.29, 0.717) is 0 Å². The van der Waals surface area contributed by atoms with Crippen LogP contribution in [0, 0.1) is 0 Å². The van der Waals surface area contributed by atoms with Crippen molar-refractivity contribution in [1.29, 1.82) is 0 Å². The first-order chi connectivity index (χ1) is 8.43. The van der Waals surface area contributed by atoms with Gasteiger partial charge in [0.15, 0.2) is 0 Å². The maximum atomic E-state index is 4.65. The maximum Gasteiger partial charge on any atom is 0.124 e. The number of aromatic nitrogens is 2. The Hall–Kier alpha value is -1.81. The lowest BCUT2D eigenvalue weighted by atomic mass is 10.1. The minimum absolute atomic E-state index is 0.750. The zero-order chi connectivity index (χ0) is 11.5. The van der Waals surface area contributed by atoms with E-state index in [4.69, 9.17) is 0 Å². The summed E-state index contributed by atoms with van der Waals surface area (Å²) in [6, 6.07) is 3.96. The van der Waals surface area contributed by atoms with E-state index in [2.05, 4.69) is 26.4 Å². The fourth-order valence-corrected chi connectivity index (χ4v) is 2.58. The summed E-state index contributed by atoms with van der Waals surface area (Å²) < 4.78 is 0. The summed E-state index contributed by atoms with van der Waals surface area (Å²) in [4.78, 5) is 12.9. The van der Waals surface area contributed by atoms with Crippen molar-refractivity contribution in [3.63, 3.8) is 0 Å². The van der Waals surface area contributed by atoms with E-state index in [1.165, 1.54) is 5.57 Å². The third-order valence-electron chi connectivity index (χ3n) is 2.62. The van der Waals surface area contributed by atoms with Crippen LogP contribution < -0.4 is 0 Å². The van der Waals surface area contributed by atoms with Crippen LogP contribution in [0.3, 0.4) is 0 Å². The van der Waals surface area contributed by atoms with Crippen LogP contribution in [0.25, 0.3) is 16.1 Å². The fraction of sp³-hybridized carbons (Fsp3) is 0.154. The standard InChI is InChI=1S/C13H11N3S/c1-2-11(8-15-5-1)12-9-17-13(16-12)10-3-6-14-7-4-10/h2-7,9H,1,8H2. The zero-order valence-corrected chi connectivity index (χ0v) is 10.0. The summed E-state index contributed by atoms with van der Waals surface area (Å²) in [5.74, 6) is 0. The molecule has 0 atom stereocenters. The van der Waals surface area contributed by atoms with E-state index in [0.717, 1.165) is 29.2 Å². The van der Waals surface area contributed by atoms with Crippen LogP contribution >= 0.6 is 11.3 Å². The second-order valence-electron chi connectivity index (χ2n) is 3.76. The molecule has 0 N–H and O–H groups in total. The molecule has 0 saturated heterocycles. The van der Waals surface area contributed by atoms with Crippen molar-refractivity contribution in [2.75, 3.05) is 6.54 Å². The molecule has 3 nitrogen and oxygen atoms in total. The van der Waals surface area contributed by atoms with Crippen molar-refractivity contribution in [2.45, 2.75) is 6.42 Å². The highest BCUT2D eigenvalue weighted by Gasteiger charge is 2.09. The normalized spacial score (nSPS) is 14.7. The van der Waals surface area contributed by atoms with Crippen LogP contribution in [-0.2, 0) is 0 Å². The SMILES string of the molecule is C1=NCC(c2csc(-c3ccncc3)n2)=CC1. The first-order valence-corrected chi connectivity index (χ1v) is 6.35. The highest BCUT2D eigenvalue weighted by Crippen LogP contribution is 2.27. The molecule has 2 aromatic rings. The van der Waals surface area contributed by atoms with Gasteiger partial charge in [0.05, 0.1) is 12.2 Å². The Morgan fingerprint density at radius 1 is 1.18 bits per heavy atom. The number of rotatable bonds is 2. The van der Waals surface area contributed by atoms with E-state index in [-0.39, 0.29) is 0 Å². The molecule has 0 radical (unpaired) electrons. The van der Waals surface area contributed by atoms with Crippen molar-refractivity contribution in [3.8, 4) is 10.6 Å². The molecule has 17 heavy (non-hydrogen) atoms. The third-order valence-corrected chi connectivity index (χ3v) is 3.51. The number of hydrogen-bond donors (Lipinski definition) is 0. The molecule has 0 bridgehead atoms. The van der Waals surface area contributed by atoms with E-state index in [9.17, 15) is 0 Å². The first-order valence-electron chi connectivity index (χ1n) is 5.47. The van der Waals surface area contributed by atoms with Crippen LogP contribution in [-0.4, -0.2) is 22.7 Å². The lowest BCUT2D eigenvalue weighted by molar-refractivity contribution is 1.18. The van der Waals surface area contributed by atoms with Crippen LogP contribution in [0.4, 0.5) is 0 Å². The van der Waals surface area contributed by atoms with Crippen molar-refractivity contribution in [2.24, 2.45) is 4.99 Å². The van der Waals surface area contributed by atoms with Gasteiger partial charge in [0.25, 0.3) is 0 Å². The van der Waals surface area contributed by atoms with Gasteiger partial charge >= 0.3 is 0 Å². The number of pyridine rings is 1. The minimum atomic E-state index is 0.750. The molecular weight excluding hydrogens is 230 g/mol. The Morgan fingerprint density at radius 2 is 2.06 bits per heavy atom. The molecule has 2 aromatic heterocycles. The lowest BCUT2D eigenvalue weighted by Gasteiger charge is -2.04. The lowest BCUT2D eigenvalue weighted by Crippen LogP contribution is -1.95. The zero-order valence-electron chi connectivity index (χ0n) is 9.21. The number of aliphatic imine (C=N–C) groups is 1. The molecule has 0 amide bonds. The Labute approximate surface area is 104 Å². The summed E-state index contributed by atoms with van der Waals surface area (Å²) in [5.41, 5.74) is 3.40. The molecule has 4 heteroatoms. The maximum absolute atomic E-state index is 4.65. The van der Waals surface area contributed by atoms with Crippen LogP contribution in [0.1, 0.15) is 12.1 Å². The van der Waals surface area contributed by atoms with Crippen molar-refractivity contribution >= 4 is 23.1 Å². The number of thiazole rings is 1. The third kappa shape index (κ3) is 2.17. The summed E-state index contributed by atoms with van der Waals surface area (Å²) in [6.45, 7) is 0.750. The van der Waals surface area contributed by atoms with Gasteiger partial charge in [-0.3, -0.25) is 9.98 Å². The number of nitrogens with zero attached hydrogens (tertiary/aromatic N) is 3. The molecule has 3 heterocycles. The molecule has 0 aromatic carbocycles. The van der Waals surface area contributed by atoms with Crippen molar-refractivity contribution < 1.29 is 0 Å². The van der Waals surface area contributed by atoms with Crippen molar-refractivity contribution in [3.05, 3.63) is 41.7 Å². The predicted molar refractivity (Wildman–Crippen MR) is 71.3 cm³/mol. The highest BCUT2D eigenvalue weighted by atomic mass is 32.1. The molecule has 1 aliphatic rings. The number of dihydropyridines is 1. The Morgan fingerprint density at radius 3 is 2.82 bits per heavy atom. The van der Waals surface area contributed by atoms with Crippen LogP contribution in [0.2, 0.25) is 0 Å². The highest BCUT2D eigenvalue weighted by molar-refractivity contribution is 7.13. The first kappa shape index (κ1) is 10.4. The fourth-order valence-electron chi connectivity index (χ4n) is 1.73. The molecule has 0 aliphatic carbocycles. The number of allylic oxidation sites excluding steroid dienone is 1. The number of hydrogen-bond acceptors (Lipinski definition) is 4. The van der Waals surface area contributed by atoms with E-state index < -0.39 is 0 Å². The molecule has 3 rings (SSSR count). The Bertz CT molecular complexity index is 569. The van der Waals surface area contributed by atoms with E-state index in [1.54, 1.807) is 23.7 Å². The molecule has 1 aliphatic heterocycles. The van der Waals surface area contributed by atoms with Gasteiger partial charge < -0.3 is 0 Å². The van der Waals surface area contributed by atoms with Gasteiger partial charge in [0.1, 0.15) is 5.01 Å². The Kier molecular flexibility index (Phi) is 2.80. The quantitative estimate of drug-likeness (QED) is 0.810. The van der Waals surface area contributed by atoms with Gasteiger partial charge in [-0.15, -0.1) is 11.3 Å². The molecule has 0 fully saturated rings. The van der Waals surface area contributed by atoms with Gasteiger partial charge in [-0.25, -0.2) is 4.98 Å². The predicted octanol–water partition coefficient (Wildman–Crippen LogP) is 3.06. The summed E-state index contributed by atoms with van der Waals surface area (Å²) in [5, 5.41) is 3.14. The molecule has 0 saturated carbocycles. The van der Waals surface area contributed by atoms with Crippen LogP contribution in [0.15, 0.2) is 41.0 Å². The second kappa shape index (κ2) is 4.59. The smallest absolute Gasteiger partial charge is 0.124 e. The summed E-state index contributed by atoms with van der Waals surface area (Å²) >= 11 is 1.66. The molecule has 0 spiro atoms. The van der Waals surface area contributed by atoms with Gasteiger partial charge in [-0.1, -0.05) is 6.08 Å². The van der Waals surface area contributed by atoms with Gasteiger partial charge in [0, 0.05) is 36.0 Å². The summed E-state index contributed by atoms with van der Waals surface area (Å²) in [6.07, 6.45) is 8.64. The van der Waals surface area contributed by atoms with Gasteiger partial charge in [-0.2, -0.15) is 0 Å². The topological polar surface area (TPSA) is 38.1 Å². The van der Waals surface area contributed by atoms with Gasteiger partial charge in [0.2, 0.25) is 0 Å². The Balaban J connectivity index is 1.91. The average molecular weight is 241 g/mol. The summed E-state index contributed by atoms with van der Waals surface area (Å²) in [7, 11) is 0. The second-order valence-corrected chi connectivity index (χ2v) is 4.62. The van der Waals surface area contributed by atoms with E-state index >= 15 is 0 Å². The monoisotopic (exact) mass is 241 g/mol. The molecule has 84 valence electrons. The van der Waals surface area contributed by atoms with E-state index in [1.807, 2.05) is 18.3 Å². The molecular formula is C13H11N3S. The largest absolute Gasteiger partial charge is 0.292 e. The van der Waals surface area contributed by atoms with Gasteiger partial charge in [-0.05, 0) is 17.7 Å². The minimum Gasteiger partial charge on any atom is -0.292 e. The van der Waals surface area contributed by atoms with Crippen molar-refractivity contribution in [1.82, 2.24) is 9.97 Å². The average Bonchev–Trinajstić information content (AvgIpc) is 2.90.